The lowest BCUT2D eigenvalue weighted by Gasteiger charge is -2.24. The molecular formula is C12H21NOS. The number of ether oxygens (including phenoxy) is 1. The fourth-order valence-corrected chi connectivity index (χ4v) is 2.75. The first-order valence-corrected chi connectivity index (χ1v) is 6.51. The van der Waals surface area contributed by atoms with Crippen LogP contribution < -0.4 is 5.73 Å². The molecule has 15 heavy (non-hydrogen) atoms. The van der Waals surface area contributed by atoms with E-state index in [1.165, 1.54) is 44.9 Å². The fourth-order valence-electron chi connectivity index (χ4n) is 2.44. The van der Waals surface area contributed by atoms with Crippen LogP contribution in [0.3, 0.4) is 0 Å². The lowest BCUT2D eigenvalue weighted by atomic mass is 9.97. The van der Waals surface area contributed by atoms with Crippen molar-refractivity contribution < 1.29 is 4.74 Å². The van der Waals surface area contributed by atoms with E-state index in [9.17, 15) is 0 Å². The van der Waals surface area contributed by atoms with Crippen molar-refractivity contribution in [3.63, 3.8) is 0 Å². The average Bonchev–Trinajstić information content (AvgIpc) is 2.96. The summed E-state index contributed by atoms with van der Waals surface area (Å²) in [6.45, 7) is 0.884. The largest absolute Gasteiger partial charge is 0.393 e. The Morgan fingerprint density at radius 1 is 1.27 bits per heavy atom. The van der Waals surface area contributed by atoms with Crippen LogP contribution in [0.15, 0.2) is 0 Å². The standard InChI is InChI=1S/C12H21NOS/c13-11(15)8-12(6-7-12)9-14-10-4-2-1-3-5-10/h10H,1-9H2,(H2,13,15). The van der Waals surface area contributed by atoms with E-state index in [0.29, 0.717) is 16.5 Å². The molecule has 0 aromatic rings. The minimum atomic E-state index is 0.337. The van der Waals surface area contributed by atoms with Gasteiger partial charge in [-0.05, 0) is 25.7 Å². The maximum absolute atomic E-state index is 6.00. The number of hydrogen-bond donors (Lipinski definition) is 1. The maximum Gasteiger partial charge on any atom is 0.0733 e. The zero-order chi connectivity index (χ0) is 10.7. The highest BCUT2D eigenvalue weighted by molar-refractivity contribution is 7.80. The van der Waals surface area contributed by atoms with Crippen molar-refractivity contribution in [3.8, 4) is 0 Å². The van der Waals surface area contributed by atoms with Crippen molar-refractivity contribution >= 4 is 17.2 Å². The molecule has 0 aromatic heterocycles. The smallest absolute Gasteiger partial charge is 0.0733 e. The predicted octanol–water partition coefficient (Wildman–Crippen LogP) is 2.79. The second-order valence-corrected chi connectivity index (χ2v) is 5.74. The summed E-state index contributed by atoms with van der Waals surface area (Å²) in [6, 6.07) is 0. The van der Waals surface area contributed by atoms with Crippen LogP contribution in [0.4, 0.5) is 0 Å². The van der Waals surface area contributed by atoms with Gasteiger partial charge in [0.15, 0.2) is 0 Å². The summed E-state index contributed by atoms with van der Waals surface area (Å²) in [7, 11) is 0. The minimum Gasteiger partial charge on any atom is -0.393 e. The first-order chi connectivity index (χ1) is 7.20. The first-order valence-electron chi connectivity index (χ1n) is 6.10. The molecule has 0 radical (unpaired) electrons. The molecule has 0 unspecified atom stereocenters. The lowest BCUT2D eigenvalue weighted by Crippen LogP contribution is -2.24. The molecule has 0 bridgehead atoms. The molecule has 0 saturated heterocycles. The molecule has 0 amide bonds. The molecule has 2 aliphatic carbocycles. The van der Waals surface area contributed by atoms with E-state index >= 15 is 0 Å². The molecule has 3 heteroatoms. The van der Waals surface area contributed by atoms with Crippen LogP contribution in [0.25, 0.3) is 0 Å². The van der Waals surface area contributed by atoms with Gasteiger partial charge in [-0.2, -0.15) is 0 Å². The van der Waals surface area contributed by atoms with Crippen molar-refractivity contribution in [1.29, 1.82) is 0 Å². The Hall–Kier alpha value is -0.150. The summed E-state index contributed by atoms with van der Waals surface area (Å²) in [6.07, 6.45) is 10.5. The van der Waals surface area contributed by atoms with Crippen molar-refractivity contribution in [2.45, 2.75) is 57.5 Å². The van der Waals surface area contributed by atoms with E-state index in [1.54, 1.807) is 0 Å². The monoisotopic (exact) mass is 227 g/mol. The fraction of sp³-hybridized carbons (Fsp3) is 0.917. The van der Waals surface area contributed by atoms with E-state index in [1.807, 2.05) is 0 Å². The topological polar surface area (TPSA) is 35.2 Å². The predicted molar refractivity (Wildman–Crippen MR) is 65.9 cm³/mol. The number of rotatable bonds is 5. The summed E-state index contributed by atoms with van der Waals surface area (Å²) in [5.41, 5.74) is 5.94. The van der Waals surface area contributed by atoms with Crippen LogP contribution in [0.1, 0.15) is 51.4 Å². The zero-order valence-corrected chi connectivity index (χ0v) is 10.2. The number of hydrogen-bond acceptors (Lipinski definition) is 2. The van der Waals surface area contributed by atoms with Crippen LogP contribution in [-0.2, 0) is 4.74 Å². The van der Waals surface area contributed by atoms with E-state index in [2.05, 4.69) is 0 Å². The summed E-state index contributed by atoms with van der Waals surface area (Å²) in [5, 5.41) is 0. The number of nitrogens with two attached hydrogens (primary N) is 1. The summed E-state index contributed by atoms with van der Waals surface area (Å²) in [5.74, 6) is 0. The van der Waals surface area contributed by atoms with Crippen LogP contribution in [0, 0.1) is 5.41 Å². The Morgan fingerprint density at radius 3 is 2.47 bits per heavy atom. The third-order valence-corrected chi connectivity index (χ3v) is 3.83. The van der Waals surface area contributed by atoms with Crippen molar-refractivity contribution in [1.82, 2.24) is 0 Å². The molecule has 0 atom stereocenters. The van der Waals surface area contributed by atoms with E-state index < -0.39 is 0 Å². The van der Waals surface area contributed by atoms with E-state index in [4.69, 9.17) is 22.7 Å². The first kappa shape index (κ1) is 11.3. The lowest BCUT2D eigenvalue weighted by molar-refractivity contribution is 0.00321. The van der Waals surface area contributed by atoms with Crippen LogP contribution in [0.2, 0.25) is 0 Å². The zero-order valence-electron chi connectivity index (χ0n) is 9.34. The van der Waals surface area contributed by atoms with Gasteiger partial charge in [-0.15, -0.1) is 0 Å². The van der Waals surface area contributed by atoms with Crippen molar-refractivity contribution in [3.05, 3.63) is 0 Å². The van der Waals surface area contributed by atoms with Gasteiger partial charge in [0.05, 0.1) is 17.7 Å². The summed E-state index contributed by atoms with van der Waals surface area (Å²) >= 11 is 4.98. The van der Waals surface area contributed by atoms with Gasteiger partial charge in [0.1, 0.15) is 0 Å². The molecule has 0 spiro atoms. The summed E-state index contributed by atoms with van der Waals surface area (Å²) in [4.78, 5) is 0.653. The van der Waals surface area contributed by atoms with Crippen LogP contribution >= 0.6 is 12.2 Å². The molecule has 2 nitrogen and oxygen atoms in total. The second kappa shape index (κ2) is 4.79. The molecular weight excluding hydrogens is 206 g/mol. The quantitative estimate of drug-likeness (QED) is 0.734. The van der Waals surface area contributed by atoms with Crippen molar-refractivity contribution in [2.24, 2.45) is 11.1 Å². The highest BCUT2D eigenvalue weighted by Crippen LogP contribution is 2.49. The second-order valence-electron chi connectivity index (χ2n) is 5.21. The van der Waals surface area contributed by atoms with Gasteiger partial charge in [-0.25, -0.2) is 0 Å². The third-order valence-electron chi connectivity index (χ3n) is 3.68. The van der Waals surface area contributed by atoms with E-state index in [0.717, 1.165) is 13.0 Å². The van der Waals surface area contributed by atoms with Gasteiger partial charge >= 0.3 is 0 Å². The molecule has 86 valence electrons. The Balaban J connectivity index is 1.70. The number of thiocarbonyl (C=S) groups is 1. The molecule has 2 N–H and O–H groups in total. The molecule has 2 fully saturated rings. The van der Waals surface area contributed by atoms with Gasteiger partial charge < -0.3 is 10.5 Å². The summed E-state index contributed by atoms with van der Waals surface area (Å²) < 4.78 is 6.00. The highest BCUT2D eigenvalue weighted by Gasteiger charge is 2.43. The normalized spacial score (nSPS) is 25.1. The van der Waals surface area contributed by atoms with Gasteiger partial charge in [-0.3, -0.25) is 0 Å². The molecule has 2 saturated carbocycles. The Kier molecular flexibility index (Phi) is 3.62. The Morgan fingerprint density at radius 2 is 1.93 bits per heavy atom. The molecule has 2 aliphatic rings. The SMILES string of the molecule is NC(=S)CC1(COC2CCCCC2)CC1. The Bertz CT molecular complexity index is 232. The Labute approximate surface area is 97.6 Å². The van der Waals surface area contributed by atoms with Gasteiger partial charge in [-0.1, -0.05) is 31.5 Å². The van der Waals surface area contributed by atoms with Crippen LogP contribution in [-0.4, -0.2) is 17.7 Å². The molecule has 0 heterocycles. The van der Waals surface area contributed by atoms with Gasteiger partial charge in [0.2, 0.25) is 0 Å². The average molecular weight is 227 g/mol. The van der Waals surface area contributed by atoms with Gasteiger partial charge in [0, 0.05) is 11.8 Å². The minimum absolute atomic E-state index is 0.337. The highest BCUT2D eigenvalue weighted by atomic mass is 32.1. The molecule has 2 rings (SSSR count). The third kappa shape index (κ3) is 3.42. The van der Waals surface area contributed by atoms with E-state index in [-0.39, 0.29) is 0 Å². The molecule has 0 aliphatic heterocycles. The maximum atomic E-state index is 6.00. The van der Waals surface area contributed by atoms with Crippen molar-refractivity contribution in [2.75, 3.05) is 6.61 Å². The van der Waals surface area contributed by atoms with Crippen LogP contribution in [0.5, 0.6) is 0 Å². The van der Waals surface area contributed by atoms with Gasteiger partial charge in [0.25, 0.3) is 0 Å². The molecule has 0 aromatic carbocycles.